The quantitative estimate of drug-likeness (QED) is 0.559. The second-order valence-electron chi connectivity index (χ2n) is 6.27. The average molecular weight is 377 g/mol. The number of nitriles is 1. The van der Waals surface area contributed by atoms with E-state index in [4.69, 9.17) is 5.73 Å². The molecule has 0 aliphatic heterocycles. The Morgan fingerprint density at radius 3 is 2.86 bits per heavy atom. The van der Waals surface area contributed by atoms with Crippen LogP contribution in [0.3, 0.4) is 0 Å². The van der Waals surface area contributed by atoms with Crippen LogP contribution in [0.15, 0.2) is 36.9 Å². The van der Waals surface area contributed by atoms with Gasteiger partial charge in [-0.05, 0) is 19.1 Å². The number of rotatable bonds is 4. The summed E-state index contributed by atoms with van der Waals surface area (Å²) >= 11 is 0. The number of hydrogen-bond donors (Lipinski definition) is 2. The smallest absolute Gasteiger partial charge is 0.150 e. The number of anilines is 2. The average Bonchev–Trinajstić information content (AvgIpc) is 3.24. The Balaban J connectivity index is 1.84. The molecule has 10 heteroatoms. The SMILES string of the molecule is CC(Nc1ncnc(N)c1C#N)c1nc2ccc(F)cc2n1-c1cnn(C)c1. The van der Waals surface area contributed by atoms with Gasteiger partial charge < -0.3 is 11.1 Å². The minimum atomic E-state index is -0.378. The van der Waals surface area contributed by atoms with Gasteiger partial charge in [-0.15, -0.1) is 0 Å². The van der Waals surface area contributed by atoms with Crippen LogP contribution in [0, 0.1) is 17.1 Å². The molecular formula is C18H16FN9. The molecule has 0 amide bonds. The molecule has 4 rings (SSSR count). The number of nitrogens with one attached hydrogen (secondary N) is 1. The highest BCUT2D eigenvalue weighted by molar-refractivity contribution is 5.78. The van der Waals surface area contributed by atoms with Gasteiger partial charge in [-0.2, -0.15) is 10.4 Å². The van der Waals surface area contributed by atoms with Crippen molar-refractivity contribution < 1.29 is 4.39 Å². The third-order valence-electron chi connectivity index (χ3n) is 4.32. The molecule has 3 heterocycles. The van der Waals surface area contributed by atoms with Crippen molar-refractivity contribution in [2.45, 2.75) is 13.0 Å². The van der Waals surface area contributed by atoms with Gasteiger partial charge in [-0.1, -0.05) is 0 Å². The largest absolute Gasteiger partial charge is 0.382 e. The van der Waals surface area contributed by atoms with Crippen molar-refractivity contribution in [1.29, 1.82) is 5.26 Å². The van der Waals surface area contributed by atoms with Crippen LogP contribution in [-0.4, -0.2) is 29.3 Å². The number of halogens is 1. The molecule has 0 bridgehead atoms. The minimum absolute atomic E-state index is 0.0926. The highest BCUT2D eigenvalue weighted by Gasteiger charge is 2.21. The molecule has 3 aromatic heterocycles. The monoisotopic (exact) mass is 377 g/mol. The predicted octanol–water partition coefficient (Wildman–Crippen LogP) is 2.32. The van der Waals surface area contributed by atoms with E-state index >= 15 is 0 Å². The summed E-state index contributed by atoms with van der Waals surface area (Å²) in [6.45, 7) is 1.86. The Hall–Kier alpha value is -4.00. The number of benzene rings is 1. The zero-order valence-electron chi connectivity index (χ0n) is 15.1. The summed E-state index contributed by atoms with van der Waals surface area (Å²) in [4.78, 5) is 12.6. The summed E-state index contributed by atoms with van der Waals surface area (Å²) in [6.07, 6.45) is 4.77. The summed E-state index contributed by atoms with van der Waals surface area (Å²) < 4.78 is 17.4. The van der Waals surface area contributed by atoms with Crippen molar-refractivity contribution in [3.63, 3.8) is 0 Å². The van der Waals surface area contributed by atoms with Gasteiger partial charge in [0, 0.05) is 19.3 Å². The van der Waals surface area contributed by atoms with Crippen LogP contribution in [0.2, 0.25) is 0 Å². The van der Waals surface area contributed by atoms with E-state index in [0.717, 1.165) is 5.69 Å². The van der Waals surface area contributed by atoms with Crippen molar-refractivity contribution in [3.05, 3.63) is 54.1 Å². The Labute approximate surface area is 159 Å². The van der Waals surface area contributed by atoms with Crippen molar-refractivity contribution in [2.75, 3.05) is 11.1 Å². The maximum absolute atomic E-state index is 13.9. The third-order valence-corrected chi connectivity index (χ3v) is 4.32. The molecular weight excluding hydrogens is 361 g/mol. The first-order valence-corrected chi connectivity index (χ1v) is 8.42. The normalized spacial score (nSPS) is 12.1. The van der Waals surface area contributed by atoms with Crippen LogP contribution in [0.1, 0.15) is 24.4 Å². The van der Waals surface area contributed by atoms with Gasteiger partial charge in [0.15, 0.2) is 0 Å². The second-order valence-corrected chi connectivity index (χ2v) is 6.27. The lowest BCUT2D eigenvalue weighted by Gasteiger charge is -2.16. The first kappa shape index (κ1) is 17.4. The maximum atomic E-state index is 13.9. The standard InChI is InChI=1S/C18H16FN9/c1-10(25-17-13(6-20)16(21)22-9-23-17)18-26-14-4-3-11(19)5-15(14)28(18)12-7-24-27(2)8-12/h3-5,7-10H,1-2H3,(H3,21,22,23,25). The molecule has 140 valence electrons. The third kappa shape index (κ3) is 2.88. The Morgan fingerprint density at radius 2 is 2.14 bits per heavy atom. The van der Waals surface area contributed by atoms with E-state index in [2.05, 4.69) is 25.4 Å². The molecule has 4 aromatic rings. The lowest BCUT2D eigenvalue weighted by atomic mass is 10.2. The lowest BCUT2D eigenvalue weighted by Crippen LogP contribution is -2.15. The van der Waals surface area contributed by atoms with Crippen LogP contribution in [0.5, 0.6) is 0 Å². The molecule has 1 unspecified atom stereocenters. The highest BCUT2D eigenvalue weighted by atomic mass is 19.1. The molecule has 0 radical (unpaired) electrons. The molecule has 0 saturated heterocycles. The zero-order chi connectivity index (χ0) is 19.8. The van der Waals surface area contributed by atoms with Crippen molar-refractivity contribution in [2.24, 2.45) is 7.05 Å². The van der Waals surface area contributed by atoms with E-state index < -0.39 is 0 Å². The second kappa shape index (κ2) is 6.62. The van der Waals surface area contributed by atoms with Gasteiger partial charge in [-0.25, -0.2) is 19.3 Å². The molecule has 0 spiro atoms. The highest BCUT2D eigenvalue weighted by Crippen LogP contribution is 2.28. The van der Waals surface area contributed by atoms with E-state index in [9.17, 15) is 9.65 Å². The Morgan fingerprint density at radius 1 is 1.32 bits per heavy atom. The molecule has 9 nitrogen and oxygen atoms in total. The van der Waals surface area contributed by atoms with Crippen molar-refractivity contribution in [3.8, 4) is 11.8 Å². The number of nitrogens with two attached hydrogens (primary N) is 1. The van der Waals surface area contributed by atoms with E-state index in [1.54, 1.807) is 24.0 Å². The van der Waals surface area contributed by atoms with Gasteiger partial charge in [-0.3, -0.25) is 9.25 Å². The van der Waals surface area contributed by atoms with Gasteiger partial charge in [0.25, 0.3) is 0 Å². The lowest BCUT2D eigenvalue weighted by molar-refractivity contribution is 0.629. The number of aromatic nitrogens is 6. The minimum Gasteiger partial charge on any atom is -0.382 e. The van der Waals surface area contributed by atoms with Gasteiger partial charge >= 0.3 is 0 Å². The molecule has 3 N–H and O–H groups in total. The number of fused-ring (bicyclic) bond motifs is 1. The van der Waals surface area contributed by atoms with E-state index in [1.165, 1.54) is 18.5 Å². The number of hydrogen-bond acceptors (Lipinski definition) is 7. The molecule has 0 fully saturated rings. The first-order valence-electron chi connectivity index (χ1n) is 8.42. The molecule has 0 aliphatic carbocycles. The molecule has 1 atom stereocenters. The molecule has 0 aliphatic rings. The number of nitrogens with zero attached hydrogens (tertiary/aromatic N) is 7. The molecule has 1 aromatic carbocycles. The zero-order valence-corrected chi connectivity index (χ0v) is 15.1. The number of aryl methyl sites for hydroxylation is 1. The van der Waals surface area contributed by atoms with Crippen molar-refractivity contribution in [1.82, 2.24) is 29.3 Å². The fourth-order valence-corrected chi connectivity index (χ4v) is 3.04. The summed E-state index contributed by atoms with van der Waals surface area (Å²) in [5, 5.41) is 16.7. The fourth-order valence-electron chi connectivity index (χ4n) is 3.04. The Kier molecular flexibility index (Phi) is 4.12. The maximum Gasteiger partial charge on any atom is 0.150 e. The number of nitrogen functional groups attached to an aromatic ring is 1. The topological polar surface area (TPSA) is 123 Å². The summed E-state index contributed by atoms with van der Waals surface area (Å²) in [5.41, 5.74) is 7.90. The summed E-state index contributed by atoms with van der Waals surface area (Å²) in [6, 6.07) is 6.04. The fraction of sp³-hybridized carbons (Fsp3) is 0.167. The van der Waals surface area contributed by atoms with Gasteiger partial charge in [0.1, 0.15) is 41.2 Å². The Bertz CT molecular complexity index is 1220. The van der Waals surface area contributed by atoms with E-state index in [0.29, 0.717) is 22.7 Å². The van der Waals surface area contributed by atoms with E-state index in [1.807, 2.05) is 23.8 Å². The van der Waals surface area contributed by atoms with Crippen LogP contribution in [-0.2, 0) is 7.05 Å². The van der Waals surface area contributed by atoms with Crippen LogP contribution in [0.4, 0.5) is 16.0 Å². The van der Waals surface area contributed by atoms with Crippen LogP contribution >= 0.6 is 0 Å². The van der Waals surface area contributed by atoms with E-state index in [-0.39, 0.29) is 23.2 Å². The van der Waals surface area contributed by atoms with Gasteiger partial charge in [0.2, 0.25) is 0 Å². The summed E-state index contributed by atoms with van der Waals surface area (Å²) in [5.74, 6) is 0.642. The first-order chi connectivity index (χ1) is 13.5. The molecule has 28 heavy (non-hydrogen) atoms. The van der Waals surface area contributed by atoms with Crippen LogP contribution < -0.4 is 11.1 Å². The van der Waals surface area contributed by atoms with Crippen LogP contribution in [0.25, 0.3) is 16.7 Å². The van der Waals surface area contributed by atoms with Crippen molar-refractivity contribution >= 4 is 22.7 Å². The molecule has 0 saturated carbocycles. The predicted molar refractivity (Wildman–Crippen MR) is 101 cm³/mol. The van der Waals surface area contributed by atoms with Gasteiger partial charge in [0.05, 0.1) is 29.0 Å². The summed E-state index contributed by atoms with van der Waals surface area (Å²) in [7, 11) is 1.80. The number of imidazole rings is 1.